The minimum atomic E-state index is -0.389. The number of methoxy groups -OCH3 is 1. The minimum absolute atomic E-state index is 0.0453. The molecule has 6 nitrogen and oxygen atoms in total. The highest BCUT2D eigenvalue weighted by molar-refractivity contribution is 5.93. The molecule has 0 N–H and O–H groups in total. The smallest absolute Gasteiger partial charge is 0.310 e. The van der Waals surface area contributed by atoms with Crippen molar-refractivity contribution in [2.75, 3.05) is 7.11 Å². The third kappa shape index (κ3) is 5.88. The van der Waals surface area contributed by atoms with E-state index < -0.39 is 0 Å². The Morgan fingerprint density at radius 2 is 1.71 bits per heavy atom. The normalized spacial score (nSPS) is 10.0. The topological polar surface area (TPSA) is 96.3 Å². The molecule has 0 saturated heterocycles. The Morgan fingerprint density at radius 3 is 2.43 bits per heavy atom. The summed E-state index contributed by atoms with van der Waals surface area (Å²) in [6.07, 6.45) is 0.0453. The van der Waals surface area contributed by atoms with Crippen molar-refractivity contribution in [3.8, 4) is 29.0 Å². The molecule has 0 fully saturated rings. The number of hydrogen-bond donors (Lipinski definition) is 0. The first-order valence-electron chi connectivity index (χ1n) is 11.3. The number of fused-ring (bicyclic) bond motifs is 1. The van der Waals surface area contributed by atoms with Crippen LogP contribution in [0.2, 0.25) is 0 Å². The van der Waals surface area contributed by atoms with E-state index in [9.17, 15) is 15.3 Å². The zero-order chi connectivity index (χ0) is 25.4. The van der Waals surface area contributed by atoms with Gasteiger partial charge in [0.05, 0.1) is 36.8 Å². The molecule has 35 heavy (non-hydrogen) atoms. The number of hydrogen-bond acceptors (Lipinski definition) is 6. The van der Waals surface area contributed by atoms with Gasteiger partial charge in [0.15, 0.2) is 0 Å². The molecule has 0 aliphatic heterocycles. The minimum Gasteiger partial charge on any atom is -0.489 e. The first kappa shape index (κ1) is 25.1. The van der Waals surface area contributed by atoms with Crippen molar-refractivity contribution >= 4 is 16.9 Å². The van der Waals surface area contributed by atoms with Crippen LogP contribution in [0.4, 0.5) is 0 Å². The summed E-state index contributed by atoms with van der Waals surface area (Å²) in [6.45, 7) is 6.10. The van der Waals surface area contributed by atoms with E-state index in [4.69, 9.17) is 13.9 Å². The summed E-state index contributed by atoms with van der Waals surface area (Å²) in [5.41, 5.74) is 4.99. The van der Waals surface area contributed by atoms with Gasteiger partial charge in [-0.3, -0.25) is 4.79 Å². The third-order valence-corrected chi connectivity index (χ3v) is 5.25. The molecule has 0 spiro atoms. The predicted molar refractivity (Wildman–Crippen MR) is 134 cm³/mol. The van der Waals surface area contributed by atoms with Gasteiger partial charge in [-0.15, -0.1) is 0 Å². The Balaban J connectivity index is 0.00000167. The van der Waals surface area contributed by atoms with Crippen LogP contribution in [-0.4, -0.2) is 13.1 Å². The van der Waals surface area contributed by atoms with Crippen LogP contribution < -0.4 is 4.74 Å². The highest BCUT2D eigenvalue weighted by Crippen LogP contribution is 2.33. The molecule has 1 aromatic heterocycles. The molecule has 4 aromatic rings. The van der Waals surface area contributed by atoms with Crippen LogP contribution in [-0.2, 0) is 22.6 Å². The van der Waals surface area contributed by atoms with Crippen LogP contribution in [0.1, 0.15) is 41.9 Å². The quantitative estimate of drug-likeness (QED) is 0.302. The lowest BCUT2D eigenvalue weighted by atomic mass is 9.99. The van der Waals surface area contributed by atoms with E-state index in [1.165, 1.54) is 7.11 Å². The van der Waals surface area contributed by atoms with E-state index in [1.807, 2.05) is 57.2 Å². The van der Waals surface area contributed by atoms with Gasteiger partial charge in [-0.25, -0.2) is 0 Å². The van der Waals surface area contributed by atoms with Crippen molar-refractivity contribution in [2.24, 2.45) is 0 Å². The molecule has 0 bridgehead atoms. The second-order valence-electron chi connectivity index (χ2n) is 7.59. The van der Waals surface area contributed by atoms with Crippen LogP contribution in [0.3, 0.4) is 0 Å². The number of carbonyl (C=O) groups is 1. The molecule has 0 amide bonds. The Bertz CT molecular complexity index is 1440. The summed E-state index contributed by atoms with van der Waals surface area (Å²) in [5, 5.41) is 19.5. The standard InChI is InChI=1S/C27H20N2O4.C2H6/c1-17-8-23-10-20(11-24(27(23)33-17)21-5-3-4-18(9-21)14-28)16-32-25-12-19(15-29)6-7-22(25)13-26(30)31-2;1-2/h3-12H,13,16H2,1-2H3;1-2H3. The second-order valence-corrected chi connectivity index (χ2v) is 7.59. The van der Waals surface area contributed by atoms with E-state index in [2.05, 4.69) is 12.1 Å². The maximum atomic E-state index is 11.8. The van der Waals surface area contributed by atoms with E-state index >= 15 is 0 Å². The van der Waals surface area contributed by atoms with Gasteiger partial charge in [0, 0.05) is 16.5 Å². The highest BCUT2D eigenvalue weighted by atomic mass is 16.5. The zero-order valence-electron chi connectivity index (χ0n) is 20.2. The van der Waals surface area contributed by atoms with Crippen molar-refractivity contribution in [1.82, 2.24) is 0 Å². The Hall–Kier alpha value is -4.55. The van der Waals surface area contributed by atoms with Crippen molar-refractivity contribution in [2.45, 2.75) is 33.8 Å². The molecule has 4 rings (SSSR count). The number of ether oxygens (including phenoxy) is 2. The van der Waals surface area contributed by atoms with Crippen LogP contribution in [0.5, 0.6) is 5.75 Å². The molecule has 3 aromatic carbocycles. The summed E-state index contributed by atoms with van der Waals surface area (Å²) in [4.78, 5) is 11.8. The SMILES string of the molecule is CC.COC(=O)Cc1ccc(C#N)cc1OCc1cc(-c2cccc(C#N)c2)c2oc(C)cc2c1. The summed E-state index contributed by atoms with van der Waals surface area (Å²) in [5.74, 6) is 0.846. The molecule has 0 radical (unpaired) electrons. The number of esters is 1. The number of carbonyl (C=O) groups excluding carboxylic acids is 1. The van der Waals surface area contributed by atoms with E-state index in [0.717, 1.165) is 33.4 Å². The van der Waals surface area contributed by atoms with Crippen molar-refractivity contribution in [3.05, 3.63) is 88.7 Å². The fourth-order valence-electron chi connectivity index (χ4n) is 3.69. The average molecular weight is 467 g/mol. The number of rotatable bonds is 6. The van der Waals surface area contributed by atoms with Crippen LogP contribution in [0.25, 0.3) is 22.1 Å². The fourth-order valence-corrected chi connectivity index (χ4v) is 3.69. The zero-order valence-corrected chi connectivity index (χ0v) is 20.2. The first-order chi connectivity index (χ1) is 17.0. The molecule has 0 aliphatic carbocycles. The van der Waals surface area contributed by atoms with Gasteiger partial charge in [0.2, 0.25) is 0 Å². The van der Waals surface area contributed by atoms with Gasteiger partial charge in [0.25, 0.3) is 0 Å². The predicted octanol–water partition coefficient (Wildman–Crippen LogP) is 6.47. The number of furan rings is 1. The first-order valence-corrected chi connectivity index (χ1v) is 11.3. The van der Waals surface area contributed by atoms with Crippen molar-refractivity contribution < 1.29 is 18.7 Å². The van der Waals surface area contributed by atoms with Crippen LogP contribution >= 0.6 is 0 Å². The van der Waals surface area contributed by atoms with Gasteiger partial charge < -0.3 is 13.9 Å². The summed E-state index contributed by atoms with van der Waals surface area (Å²) >= 11 is 0. The van der Waals surface area contributed by atoms with Crippen molar-refractivity contribution in [3.63, 3.8) is 0 Å². The fraction of sp³-hybridized carbons (Fsp3) is 0.207. The Kier molecular flexibility index (Phi) is 8.27. The highest BCUT2D eigenvalue weighted by Gasteiger charge is 2.14. The molecule has 0 atom stereocenters. The number of nitriles is 2. The van der Waals surface area contributed by atoms with Gasteiger partial charge in [0.1, 0.15) is 23.7 Å². The average Bonchev–Trinajstić information content (AvgIpc) is 3.28. The molecule has 0 saturated carbocycles. The number of nitrogens with zero attached hydrogens (tertiary/aromatic N) is 2. The van der Waals surface area contributed by atoms with Crippen molar-refractivity contribution in [1.29, 1.82) is 10.5 Å². The lowest BCUT2D eigenvalue weighted by molar-refractivity contribution is -0.139. The number of benzene rings is 3. The molecule has 0 unspecified atom stereocenters. The molecule has 176 valence electrons. The van der Waals surface area contributed by atoms with Gasteiger partial charge in [-0.05, 0) is 60.5 Å². The van der Waals surface area contributed by atoms with Crippen LogP contribution in [0, 0.1) is 29.6 Å². The van der Waals surface area contributed by atoms with Crippen LogP contribution in [0.15, 0.2) is 65.1 Å². The largest absolute Gasteiger partial charge is 0.489 e. The lowest BCUT2D eigenvalue weighted by Crippen LogP contribution is -2.07. The maximum absolute atomic E-state index is 11.8. The third-order valence-electron chi connectivity index (χ3n) is 5.25. The Morgan fingerprint density at radius 1 is 0.971 bits per heavy atom. The molecule has 6 heteroatoms. The Labute approximate surface area is 204 Å². The lowest BCUT2D eigenvalue weighted by Gasteiger charge is -2.13. The van der Waals surface area contributed by atoms with E-state index in [1.54, 1.807) is 24.3 Å². The van der Waals surface area contributed by atoms with E-state index in [0.29, 0.717) is 22.4 Å². The van der Waals surface area contributed by atoms with E-state index in [-0.39, 0.29) is 19.0 Å². The van der Waals surface area contributed by atoms with Gasteiger partial charge in [-0.2, -0.15) is 10.5 Å². The molecule has 1 heterocycles. The summed E-state index contributed by atoms with van der Waals surface area (Å²) < 4.78 is 16.8. The molecular formula is C29H26N2O4. The monoisotopic (exact) mass is 466 g/mol. The van der Waals surface area contributed by atoms with Gasteiger partial charge in [-0.1, -0.05) is 32.0 Å². The summed E-state index contributed by atoms with van der Waals surface area (Å²) in [6, 6.07) is 22.5. The number of aryl methyl sites for hydroxylation is 1. The van der Waals surface area contributed by atoms with Gasteiger partial charge >= 0.3 is 5.97 Å². The maximum Gasteiger partial charge on any atom is 0.310 e. The second kappa shape index (κ2) is 11.5. The molecular weight excluding hydrogens is 440 g/mol. The summed E-state index contributed by atoms with van der Waals surface area (Å²) in [7, 11) is 1.33. The molecule has 0 aliphatic rings.